The molecule has 2 N–H and O–H groups in total. The molecule has 17 heavy (non-hydrogen) atoms. The molecule has 1 fully saturated rings. The smallest absolute Gasteiger partial charge is 0.0549 e. The van der Waals surface area contributed by atoms with E-state index in [-0.39, 0.29) is 0 Å². The molecule has 0 spiro atoms. The highest BCUT2D eigenvalue weighted by atomic mass is 79.9. The van der Waals surface area contributed by atoms with E-state index in [0.29, 0.717) is 12.1 Å². The fourth-order valence-corrected chi connectivity index (χ4v) is 2.81. The molecule has 4 heteroatoms. The first kappa shape index (κ1) is 13.2. The molecule has 2 nitrogen and oxygen atoms in total. The molecule has 0 saturated carbocycles. The van der Waals surface area contributed by atoms with E-state index in [1.54, 1.807) is 0 Å². The molecule has 94 valence electrons. The third-order valence-electron chi connectivity index (χ3n) is 3.13. The van der Waals surface area contributed by atoms with Crippen molar-refractivity contribution in [1.29, 1.82) is 0 Å². The van der Waals surface area contributed by atoms with Crippen LogP contribution in [0.15, 0.2) is 22.7 Å². The van der Waals surface area contributed by atoms with Crippen LogP contribution < -0.4 is 10.6 Å². The van der Waals surface area contributed by atoms with Crippen LogP contribution in [-0.2, 0) is 0 Å². The molecule has 1 aliphatic heterocycles. The van der Waals surface area contributed by atoms with Crippen LogP contribution in [0.5, 0.6) is 0 Å². The van der Waals surface area contributed by atoms with Gasteiger partial charge in [0.25, 0.3) is 0 Å². The standard InChI is InChI=1S/C13H18BrClN2/c1-9(7-10-3-2-6-16-10)17-11-4-5-13(15)12(14)8-11/h4-5,8-10,16-17H,2-3,6-7H2,1H3. The van der Waals surface area contributed by atoms with Crippen molar-refractivity contribution < 1.29 is 0 Å². The predicted octanol–water partition coefficient (Wildman–Crippen LogP) is 4.05. The topological polar surface area (TPSA) is 24.1 Å². The van der Waals surface area contributed by atoms with Gasteiger partial charge in [0.15, 0.2) is 0 Å². The number of rotatable bonds is 4. The zero-order valence-corrected chi connectivity index (χ0v) is 12.3. The van der Waals surface area contributed by atoms with Gasteiger partial charge in [-0.05, 0) is 66.9 Å². The van der Waals surface area contributed by atoms with Gasteiger partial charge < -0.3 is 10.6 Å². The highest BCUT2D eigenvalue weighted by molar-refractivity contribution is 9.10. The summed E-state index contributed by atoms with van der Waals surface area (Å²) in [5.41, 5.74) is 1.12. The lowest BCUT2D eigenvalue weighted by molar-refractivity contribution is 0.523. The van der Waals surface area contributed by atoms with Gasteiger partial charge in [0, 0.05) is 22.2 Å². The Hall–Kier alpha value is -0.250. The van der Waals surface area contributed by atoms with Gasteiger partial charge in [0.05, 0.1) is 5.02 Å². The van der Waals surface area contributed by atoms with E-state index in [1.807, 2.05) is 18.2 Å². The van der Waals surface area contributed by atoms with E-state index in [9.17, 15) is 0 Å². The SMILES string of the molecule is CC(CC1CCCN1)Nc1ccc(Cl)c(Br)c1. The Bertz CT molecular complexity index is 378. The Morgan fingerprint density at radius 1 is 1.59 bits per heavy atom. The summed E-state index contributed by atoms with van der Waals surface area (Å²) in [5.74, 6) is 0. The maximum atomic E-state index is 5.97. The third kappa shape index (κ3) is 3.87. The Kier molecular flexibility index (Phi) is 4.71. The number of hydrogen-bond donors (Lipinski definition) is 2. The zero-order chi connectivity index (χ0) is 12.3. The van der Waals surface area contributed by atoms with Crippen molar-refractivity contribution in [2.75, 3.05) is 11.9 Å². The van der Waals surface area contributed by atoms with Gasteiger partial charge in [0.2, 0.25) is 0 Å². The summed E-state index contributed by atoms with van der Waals surface area (Å²) >= 11 is 9.41. The molecule has 1 aromatic carbocycles. The monoisotopic (exact) mass is 316 g/mol. The first-order chi connectivity index (χ1) is 8.15. The second kappa shape index (κ2) is 6.07. The van der Waals surface area contributed by atoms with E-state index in [1.165, 1.54) is 25.8 Å². The molecule has 2 rings (SSSR count). The quantitative estimate of drug-likeness (QED) is 0.875. The largest absolute Gasteiger partial charge is 0.382 e. The average molecular weight is 318 g/mol. The minimum atomic E-state index is 0.471. The van der Waals surface area contributed by atoms with Crippen LogP contribution >= 0.6 is 27.5 Å². The second-order valence-electron chi connectivity index (χ2n) is 4.70. The average Bonchev–Trinajstić information content (AvgIpc) is 2.76. The van der Waals surface area contributed by atoms with Crippen molar-refractivity contribution in [2.45, 2.75) is 38.3 Å². The molecule has 1 heterocycles. The van der Waals surface area contributed by atoms with Crippen LogP contribution in [0, 0.1) is 0 Å². The maximum Gasteiger partial charge on any atom is 0.0549 e. The van der Waals surface area contributed by atoms with Gasteiger partial charge in [-0.3, -0.25) is 0 Å². The fraction of sp³-hybridized carbons (Fsp3) is 0.538. The normalized spacial score (nSPS) is 21.5. The molecule has 0 aliphatic carbocycles. The van der Waals surface area contributed by atoms with Crippen LogP contribution in [0.1, 0.15) is 26.2 Å². The molecule has 2 unspecified atom stereocenters. The van der Waals surface area contributed by atoms with Crippen molar-refractivity contribution >= 4 is 33.2 Å². The summed E-state index contributed by atoms with van der Waals surface area (Å²) < 4.78 is 0.940. The zero-order valence-electron chi connectivity index (χ0n) is 9.97. The number of hydrogen-bond acceptors (Lipinski definition) is 2. The van der Waals surface area contributed by atoms with Crippen LogP contribution in [0.4, 0.5) is 5.69 Å². The highest BCUT2D eigenvalue weighted by Crippen LogP contribution is 2.26. The molecule has 0 radical (unpaired) electrons. The summed E-state index contributed by atoms with van der Waals surface area (Å²) in [6.07, 6.45) is 3.78. The minimum absolute atomic E-state index is 0.471. The van der Waals surface area contributed by atoms with E-state index in [4.69, 9.17) is 11.6 Å². The van der Waals surface area contributed by atoms with Gasteiger partial charge in [-0.2, -0.15) is 0 Å². The lowest BCUT2D eigenvalue weighted by Crippen LogP contribution is -2.29. The maximum absolute atomic E-state index is 5.97. The Balaban J connectivity index is 1.88. The van der Waals surface area contributed by atoms with E-state index in [0.717, 1.165) is 15.2 Å². The van der Waals surface area contributed by atoms with Crippen LogP contribution in [0.2, 0.25) is 5.02 Å². The molecule has 0 amide bonds. The Morgan fingerprint density at radius 2 is 2.41 bits per heavy atom. The van der Waals surface area contributed by atoms with E-state index < -0.39 is 0 Å². The number of halogens is 2. The van der Waals surface area contributed by atoms with E-state index in [2.05, 4.69) is 33.5 Å². The lowest BCUT2D eigenvalue weighted by Gasteiger charge is -2.19. The van der Waals surface area contributed by atoms with Crippen molar-refractivity contribution in [2.24, 2.45) is 0 Å². The van der Waals surface area contributed by atoms with Gasteiger partial charge in [-0.1, -0.05) is 11.6 Å². The van der Waals surface area contributed by atoms with Gasteiger partial charge in [-0.25, -0.2) is 0 Å². The van der Waals surface area contributed by atoms with Crippen LogP contribution in [-0.4, -0.2) is 18.6 Å². The van der Waals surface area contributed by atoms with E-state index >= 15 is 0 Å². The lowest BCUT2D eigenvalue weighted by atomic mass is 10.1. The van der Waals surface area contributed by atoms with Crippen LogP contribution in [0.25, 0.3) is 0 Å². The minimum Gasteiger partial charge on any atom is -0.382 e. The van der Waals surface area contributed by atoms with Crippen molar-refractivity contribution in [3.8, 4) is 0 Å². The number of anilines is 1. The van der Waals surface area contributed by atoms with Crippen molar-refractivity contribution in [3.63, 3.8) is 0 Å². The Labute approximate surface area is 116 Å². The molecule has 1 saturated heterocycles. The highest BCUT2D eigenvalue weighted by Gasteiger charge is 2.16. The van der Waals surface area contributed by atoms with Gasteiger partial charge in [-0.15, -0.1) is 0 Å². The molecule has 0 bridgehead atoms. The van der Waals surface area contributed by atoms with Gasteiger partial charge >= 0.3 is 0 Å². The number of nitrogens with one attached hydrogen (secondary N) is 2. The summed E-state index contributed by atoms with van der Waals surface area (Å²) in [4.78, 5) is 0. The molecule has 1 aliphatic rings. The van der Waals surface area contributed by atoms with Crippen LogP contribution in [0.3, 0.4) is 0 Å². The third-order valence-corrected chi connectivity index (χ3v) is 4.35. The summed E-state index contributed by atoms with van der Waals surface area (Å²) in [6.45, 7) is 3.40. The van der Waals surface area contributed by atoms with Crippen molar-refractivity contribution in [3.05, 3.63) is 27.7 Å². The Morgan fingerprint density at radius 3 is 3.06 bits per heavy atom. The first-order valence-electron chi connectivity index (χ1n) is 6.10. The summed E-state index contributed by atoms with van der Waals surface area (Å²) in [5, 5.41) is 7.78. The second-order valence-corrected chi connectivity index (χ2v) is 5.96. The first-order valence-corrected chi connectivity index (χ1v) is 7.27. The molecule has 0 aromatic heterocycles. The van der Waals surface area contributed by atoms with Crippen molar-refractivity contribution in [1.82, 2.24) is 5.32 Å². The summed E-state index contributed by atoms with van der Waals surface area (Å²) in [7, 11) is 0. The molecule has 2 atom stereocenters. The molecular formula is C13H18BrClN2. The predicted molar refractivity (Wildman–Crippen MR) is 77.9 cm³/mol. The molecule has 1 aromatic rings. The molecular weight excluding hydrogens is 300 g/mol. The van der Waals surface area contributed by atoms with Gasteiger partial charge in [0.1, 0.15) is 0 Å². The fourth-order valence-electron chi connectivity index (χ4n) is 2.31. The summed E-state index contributed by atoms with van der Waals surface area (Å²) in [6, 6.07) is 7.10. The number of benzene rings is 1.